The lowest BCUT2D eigenvalue weighted by Gasteiger charge is -2.37. The molecule has 4 heterocycles. The summed E-state index contributed by atoms with van der Waals surface area (Å²) >= 11 is 0. The molecule has 0 saturated carbocycles. The molecule has 3 aromatic rings. The van der Waals surface area contributed by atoms with Crippen molar-refractivity contribution in [2.45, 2.75) is 25.4 Å². The van der Waals surface area contributed by atoms with E-state index in [-0.39, 0.29) is 0 Å². The van der Waals surface area contributed by atoms with Crippen molar-refractivity contribution in [3.05, 3.63) is 30.7 Å². The summed E-state index contributed by atoms with van der Waals surface area (Å²) in [6, 6.07) is 3.82. The van der Waals surface area contributed by atoms with E-state index in [0.29, 0.717) is 12.4 Å². The van der Waals surface area contributed by atoms with E-state index < -0.39 is 5.60 Å². The molecule has 7 nitrogen and oxygen atoms in total. The van der Waals surface area contributed by atoms with E-state index in [4.69, 9.17) is 4.98 Å². The molecule has 4 rings (SSSR count). The van der Waals surface area contributed by atoms with Crippen molar-refractivity contribution in [3.63, 3.8) is 0 Å². The van der Waals surface area contributed by atoms with Gasteiger partial charge in [-0.25, -0.2) is 9.97 Å². The molecular weight excluding hydrogens is 304 g/mol. The second-order valence-electron chi connectivity index (χ2n) is 6.64. The van der Waals surface area contributed by atoms with Gasteiger partial charge >= 0.3 is 0 Å². The maximum absolute atomic E-state index is 10.5. The first-order valence-electron chi connectivity index (χ1n) is 8.11. The number of rotatable bonds is 2. The number of pyridine rings is 1. The van der Waals surface area contributed by atoms with Gasteiger partial charge in [0.1, 0.15) is 5.82 Å². The molecule has 0 radical (unpaired) electrons. The monoisotopic (exact) mass is 324 g/mol. The van der Waals surface area contributed by atoms with Crippen molar-refractivity contribution >= 4 is 16.9 Å². The summed E-state index contributed by atoms with van der Waals surface area (Å²) in [5.41, 5.74) is 0.946. The first-order valence-corrected chi connectivity index (χ1v) is 8.11. The summed E-state index contributed by atoms with van der Waals surface area (Å²) in [7, 11) is 1.87. The summed E-state index contributed by atoms with van der Waals surface area (Å²) < 4.78 is 1.75. The number of nitrogens with zero attached hydrogens (tertiary/aromatic N) is 6. The molecule has 0 spiro atoms. The fourth-order valence-electron chi connectivity index (χ4n) is 3.27. The van der Waals surface area contributed by atoms with Crippen molar-refractivity contribution in [1.82, 2.24) is 24.7 Å². The van der Waals surface area contributed by atoms with Crippen LogP contribution in [-0.4, -0.2) is 48.5 Å². The highest BCUT2D eigenvalue weighted by molar-refractivity contribution is 5.88. The number of piperidine rings is 1. The summed E-state index contributed by atoms with van der Waals surface area (Å²) in [5, 5.41) is 15.7. The van der Waals surface area contributed by atoms with E-state index in [1.165, 1.54) is 0 Å². The number of aryl methyl sites for hydroxylation is 1. The third-order valence-corrected chi connectivity index (χ3v) is 4.47. The molecule has 0 bridgehead atoms. The Morgan fingerprint density at radius 1 is 1.25 bits per heavy atom. The predicted octanol–water partition coefficient (Wildman–Crippen LogP) is 1.78. The molecule has 1 aliphatic heterocycles. The van der Waals surface area contributed by atoms with Gasteiger partial charge in [0.05, 0.1) is 17.2 Å². The number of fused-ring (bicyclic) bond motifs is 1. The Morgan fingerprint density at radius 3 is 2.88 bits per heavy atom. The Morgan fingerprint density at radius 2 is 2.12 bits per heavy atom. The van der Waals surface area contributed by atoms with Crippen LogP contribution in [-0.2, 0) is 7.05 Å². The first kappa shape index (κ1) is 15.0. The number of β-amino-alcohol motifs (C(OH)–C–C–N with tert-alkyl or cyclic N) is 1. The number of hydrogen-bond acceptors (Lipinski definition) is 6. The summed E-state index contributed by atoms with van der Waals surface area (Å²) in [6.07, 6.45) is 7.02. The minimum absolute atomic E-state index is 0.556. The maximum atomic E-state index is 10.5. The number of hydrogen-bond donors (Lipinski definition) is 1. The highest BCUT2D eigenvalue weighted by atomic mass is 16.3. The molecule has 24 heavy (non-hydrogen) atoms. The standard InChI is InChI=1S/C17H20N6O/c1-17(24)6-4-8-23(11-17)16-13-10-19-22(2)15(13)20-14(21-16)12-5-3-7-18-9-12/h3,5,7,9-10,24H,4,6,8,11H2,1-2H3/t17-/m0/s1. The third kappa shape index (κ3) is 2.60. The molecule has 3 aromatic heterocycles. The van der Waals surface area contributed by atoms with Crippen LogP contribution in [0.3, 0.4) is 0 Å². The quantitative estimate of drug-likeness (QED) is 0.774. The first-order chi connectivity index (χ1) is 11.5. The second kappa shape index (κ2) is 5.52. The Hall–Kier alpha value is -2.54. The van der Waals surface area contributed by atoms with Crippen LogP contribution in [0, 0.1) is 0 Å². The van der Waals surface area contributed by atoms with Crippen molar-refractivity contribution in [1.29, 1.82) is 0 Å². The third-order valence-electron chi connectivity index (χ3n) is 4.47. The van der Waals surface area contributed by atoms with E-state index >= 15 is 0 Å². The van der Waals surface area contributed by atoms with Gasteiger partial charge in [0, 0.05) is 38.1 Å². The maximum Gasteiger partial charge on any atom is 0.165 e. The lowest BCUT2D eigenvalue weighted by molar-refractivity contribution is 0.0448. The zero-order valence-corrected chi connectivity index (χ0v) is 13.8. The van der Waals surface area contributed by atoms with Crippen LogP contribution in [0.1, 0.15) is 19.8 Å². The van der Waals surface area contributed by atoms with Gasteiger partial charge in [-0.3, -0.25) is 9.67 Å². The van der Waals surface area contributed by atoms with Crippen molar-refractivity contribution in [2.24, 2.45) is 7.05 Å². The summed E-state index contributed by atoms with van der Waals surface area (Å²) in [4.78, 5) is 15.7. The molecule has 1 saturated heterocycles. The van der Waals surface area contributed by atoms with Crippen LogP contribution in [0.5, 0.6) is 0 Å². The summed E-state index contributed by atoms with van der Waals surface area (Å²) in [6.45, 7) is 3.30. The molecule has 0 unspecified atom stereocenters. The molecule has 0 amide bonds. The fraction of sp³-hybridized carbons (Fsp3) is 0.412. The zero-order valence-electron chi connectivity index (χ0n) is 13.8. The molecule has 124 valence electrons. The van der Waals surface area contributed by atoms with Gasteiger partial charge < -0.3 is 10.0 Å². The van der Waals surface area contributed by atoms with Crippen LogP contribution in [0.4, 0.5) is 5.82 Å². The van der Waals surface area contributed by atoms with Crippen molar-refractivity contribution in [3.8, 4) is 11.4 Å². The molecule has 1 aliphatic rings. The average Bonchev–Trinajstić information content (AvgIpc) is 2.95. The normalized spacial score (nSPS) is 21.4. The Bertz CT molecular complexity index is 873. The van der Waals surface area contributed by atoms with E-state index in [0.717, 1.165) is 41.8 Å². The molecule has 1 N–H and O–H groups in total. The minimum Gasteiger partial charge on any atom is -0.388 e. The number of aromatic nitrogens is 5. The average molecular weight is 324 g/mol. The van der Waals surface area contributed by atoms with E-state index in [9.17, 15) is 5.11 Å². The van der Waals surface area contributed by atoms with Gasteiger partial charge in [-0.1, -0.05) is 0 Å². The smallest absolute Gasteiger partial charge is 0.165 e. The predicted molar refractivity (Wildman–Crippen MR) is 91.6 cm³/mol. The van der Waals surface area contributed by atoms with Gasteiger partial charge in [0.25, 0.3) is 0 Å². The Kier molecular flexibility index (Phi) is 3.45. The van der Waals surface area contributed by atoms with Gasteiger partial charge in [0.15, 0.2) is 11.5 Å². The van der Waals surface area contributed by atoms with E-state index in [1.807, 2.05) is 26.1 Å². The van der Waals surface area contributed by atoms with Crippen LogP contribution < -0.4 is 4.90 Å². The molecule has 1 atom stereocenters. The molecule has 1 fully saturated rings. The van der Waals surface area contributed by atoms with Gasteiger partial charge in [-0.2, -0.15) is 5.10 Å². The molecule has 0 aliphatic carbocycles. The minimum atomic E-state index is -0.702. The largest absolute Gasteiger partial charge is 0.388 e. The van der Waals surface area contributed by atoms with Crippen LogP contribution in [0.2, 0.25) is 0 Å². The Labute approximate surface area is 140 Å². The SMILES string of the molecule is Cn1ncc2c(N3CCC[C@](C)(O)C3)nc(-c3cccnc3)nc21. The lowest BCUT2D eigenvalue weighted by Crippen LogP contribution is -2.46. The van der Waals surface area contributed by atoms with E-state index in [2.05, 4.69) is 20.0 Å². The van der Waals surface area contributed by atoms with Gasteiger partial charge in [-0.05, 0) is 31.9 Å². The lowest BCUT2D eigenvalue weighted by atomic mass is 9.95. The van der Waals surface area contributed by atoms with Crippen LogP contribution >= 0.6 is 0 Å². The molecule has 7 heteroatoms. The van der Waals surface area contributed by atoms with Gasteiger partial charge in [-0.15, -0.1) is 0 Å². The van der Waals surface area contributed by atoms with Crippen molar-refractivity contribution in [2.75, 3.05) is 18.0 Å². The van der Waals surface area contributed by atoms with Crippen molar-refractivity contribution < 1.29 is 5.11 Å². The van der Waals surface area contributed by atoms with Crippen LogP contribution in [0.25, 0.3) is 22.4 Å². The fourth-order valence-corrected chi connectivity index (χ4v) is 3.27. The Balaban J connectivity index is 1.87. The highest BCUT2D eigenvalue weighted by Crippen LogP contribution is 2.31. The number of anilines is 1. The van der Waals surface area contributed by atoms with E-state index in [1.54, 1.807) is 23.3 Å². The highest BCUT2D eigenvalue weighted by Gasteiger charge is 2.30. The molecule has 0 aromatic carbocycles. The molecular formula is C17H20N6O. The van der Waals surface area contributed by atoms with Gasteiger partial charge in [0.2, 0.25) is 0 Å². The second-order valence-corrected chi connectivity index (χ2v) is 6.64. The number of aliphatic hydroxyl groups is 1. The topological polar surface area (TPSA) is 80.0 Å². The summed E-state index contributed by atoms with van der Waals surface area (Å²) in [5.74, 6) is 1.45. The van der Waals surface area contributed by atoms with Crippen LogP contribution in [0.15, 0.2) is 30.7 Å². The zero-order chi connectivity index (χ0) is 16.7.